The lowest BCUT2D eigenvalue weighted by Crippen LogP contribution is -2.42. The molecule has 2 N–H and O–H groups in total. The monoisotopic (exact) mass is 334 g/mol. The third-order valence-electron chi connectivity index (χ3n) is 4.11. The molecule has 24 heavy (non-hydrogen) atoms. The topological polar surface area (TPSA) is 81.9 Å². The molecule has 1 heterocycles. The standard InChI is InChI=1S/C18H26N2O4/c1-2-23-18(22)14-7-5-11-20(13-14)17(21)10-6-12-24-16-9-4-3-8-15(16)19/h3-4,8-9,14H,2,5-7,10-13,19H2,1H3. The van der Waals surface area contributed by atoms with Crippen molar-refractivity contribution in [1.29, 1.82) is 0 Å². The highest BCUT2D eigenvalue weighted by molar-refractivity contribution is 5.78. The Bertz CT molecular complexity index is 562. The average Bonchev–Trinajstić information content (AvgIpc) is 2.60. The van der Waals surface area contributed by atoms with Crippen LogP contribution in [0, 0.1) is 5.92 Å². The van der Waals surface area contributed by atoms with Crippen molar-refractivity contribution in [2.45, 2.75) is 32.6 Å². The SMILES string of the molecule is CCOC(=O)C1CCCN(C(=O)CCCOc2ccccc2N)C1. The minimum atomic E-state index is -0.196. The molecule has 0 saturated carbocycles. The first-order valence-corrected chi connectivity index (χ1v) is 8.53. The minimum absolute atomic E-state index is 0.0635. The molecule has 0 aromatic heterocycles. The Kier molecular flexibility index (Phi) is 6.90. The summed E-state index contributed by atoms with van der Waals surface area (Å²) in [5.41, 5.74) is 6.40. The first-order chi connectivity index (χ1) is 11.6. The van der Waals surface area contributed by atoms with Gasteiger partial charge in [-0.25, -0.2) is 0 Å². The molecule has 0 radical (unpaired) electrons. The third kappa shape index (κ3) is 5.15. The highest BCUT2D eigenvalue weighted by Crippen LogP contribution is 2.21. The van der Waals surface area contributed by atoms with Gasteiger partial charge in [0, 0.05) is 19.5 Å². The number of ether oxygens (including phenoxy) is 2. The van der Waals surface area contributed by atoms with E-state index >= 15 is 0 Å². The second-order valence-corrected chi connectivity index (χ2v) is 5.92. The van der Waals surface area contributed by atoms with E-state index in [-0.39, 0.29) is 17.8 Å². The highest BCUT2D eigenvalue weighted by Gasteiger charge is 2.28. The summed E-state index contributed by atoms with van der Waals surface area (Å²) in [7, 11) is 0. The van der Waals surface area contributed by atoms with Gasteiger partial charge in [-0.1, -0.05) is 12.1 Å². The summed E-state index contributed by atoms with van der Waals surface area (Å²) >= 11 is 0. The minimum Gasteiger partial charge on any atom is -0.491 e. The molecule has 132 valence electrons. The average molecular weight is 334 g/mol. The zero-order valence-electron chi connectivity index (χ0n) is 14.2. The molecule has 1 aliphatic rings. The van der Waals surface area contributed by atoms with Gasteiger partial charge in [-0.3, -0.25) is 9.59 Å². The van der Waals surface area contributed by atoms with E-state index in [9.17, 15) is 9.59 Å². The van der Waals surface area contributed by atoms with Gasteiger partial charge in [0.15, 0.2) is 0 Å². The molecule has 1 aliphatic heterocycles. The first kappa shape index (κ1) is 18.1. The van der Waals surface area contributed by atoms with Gasteiger partial charge in [0.2, 0.25) is 5.91 Å². The van der Waals surface area contributed by atoms with Crippen molar-refractivity contribution in [3.8, 4) is 5.75 Å². The molecule has 0 aliphatic carbocycles. The number of nitrogens with two attached hydrogens (primary N) is 1. The van der Waals surface area contributed by atoms with Gasteiger partial charge in [-0.2, -0.15) is 0 Å². The first-order valence-electron chi connectivity index (χ1n) is 8.53. The van der Waals surface area contributed by atoms with Crippen molar-refractivity contribution in [1.82, 2.24) is 4.90 Å². The Hall–Kier alpha value is -2.24. The van der Waals surface area contributed by atoms with E-state index in [4.69, 9.17) is 15.2 Å². The molecule has 0 bridgehead atoms. The van der Waals surface area contributed by atoms with Crippen LogP contribution in [0.15, 0.2) is 24.3 Å². The van der Waals surface area contributed by atoms with Crippen LogP contribution in [0.25, 0.3) is 0 Å². The van der Waals surface area contributed by atoms with Crippen LogP contribution in [0.4, 0.5) is 5.69 Å². The van der Waals surface area contributed by atoms with Gasteiger partial charge in [0.25, 0.3) is 0 Å². The molecule has 6 heteroatoms. The fourth-order valence-electron chi connectivity index (χ4n) is 2.83. The molecule has 1 saturated heterocycles. The van der Waals surface area contributed by atoms with Gasteiger partial charge in [-0.15, -0.1) is 0 Å². The Labute approximate surface area is 142 Å². The maximum Gasteiger partial charge on any atom is 0.310 e. The summed E-state index contributed by atoms with van der Waals surface area (Å²) in [6.07, 6.45) is 2.65. The van der Waals surface area contributed by atoms with Crippen LogP contribution in [-0.4, -0.2) is 43.1 Å². The van der Waals surface area contributed by atoms with Crippen molar-refractivity contribution in [2.24, 2.45) is 5.92 Å². The van der Waals surface area contributed by atoms with Gasteiger partial charge >= 0.3 is 5.97 Å². The fraction of sp³-hybridized carbons (Fsp3) is 0.556. The quantitative estimate of drug-likeness (QED) is 0.470. The van der Waals surface area contributed by atoms with Crippen LogP contribution in [0.5, 0.6) is 5.75 Å². The number of carbonyl (C=O) groups is 2. The van der Waals surface area contributed by atoms with Crippen LogP contribution in [-0.2, 0) is 14.3 Å². The van der Waals surface area contributed by atoms with Gasteiger partial charge in [-0.05, 0) is 38.3 Å². The van der Waals surface area contributed by atoms with Crippen LogP contribution >= 0.6 is 0 Å². The summed E-state index contributed by atoms with van der Waals surface area (Å²) < 4.78 is 10.7. The summed E-state index contributed by atoms with van der Waals surface area (Å²) in [5.74, 6) is 0.319. The van der Waals surface area contributed by atoms with Gasteiger partial charge < -0.3 is 20.1 Å². The van der Waals surface area contributed by atoms with Crippen molar-refractivity contribution in [3.05, 3.63) is 24.3 Å². The second kappa shape index (κ2) is 9.15. The maximum atomic E-state index is 12.3. The van der Waals surface area contributed by atoms with Gasteiger partial charge in [0.1, 0.15) is 5.75 Å². The largest absolute Gasteiger partial charge is 0.491 e. The lowest BCUT2D eigenvalue weighted by Gasteiger charge is -2.31. The number of hydrogen-bond donors (Lipinski definition) is 1. The zero-order valence-corrected chi connectivity index (χ0v) is 14.2. The van der Waals surface area contributed by atoms with Crippen LogP contribution in [0.3, 0.4) is 0 Å². The number of carbonyl (C=O) groups excluding carboxylic acids is 2. The molecule has 1 aromatic carbocycles. The lowest BCUT2D eigenvalue weighted by atomic mass is 9.98. The molecule has 1 unspecified atom stereocenters. The number of rotatable bonds is 7. The highest BCUT2D eigenvalue weighted by atomic mass is 16.5. The molecule has 0 spiro atoms. The van der Waals surface area contributed by atoms with Crippen LogP contribution in [0.2, 0.25) is 0 Å². The van der Waals surface area contributed by atoms with Crippen molar-refractivity contribution in [3.63, 3.8) is 0 Å². The smallest absolute Gasteiger partial charge is 0.310 e. The normalized spacial score (nSPS) is 17.4. The van der Waals surface area contributed by atoms with Crippen LogP contribution in [0.1, 0.15) is 32.6 Å². The van der Waals surface area contributed by atoms with E-state index in [1.54, 1.807) is 17.9 Å². The number of para-hydroxylation sites is 2. The molecule has 2 rings (SSSR count). The van der Waals surface area contributed by atoms with E-state index in [1.807, 2.05) is 18.2 Å². The molecule has 1 aromatic rings. The zero-order chi connectivity index (χ0) is 17.4. The molecular weight excluding hydrogens is 308 g/mol. The summed E-state index contributed by atoms with van der Waals surface area (Å²) in [6.45, 7) is 3.78. The summed E-state index contributed by atoms with van der Waals surface area (Å²) in [4.78, 5) is 25.9. The van der Waals surface area contributed by atoms with E-state index < -0.39 is 0 Å². The Morgan fingerprint density at radius 2 is 2.12 bits per heavy atom. The molecule has 1 atom stereocenters. The number of amides is 1. The number of nitrogen functional groups attached to an aromatic ring is 1. The Balaban J connectivity index is 1.72. The fourth-order valence-corrected chi connectivity index (χ4v) is 2.83. The molecule has 1 amide bonds. The number of nitrogens with zero attached hydrogens (tertiary/aromatic N) is 1. The predicted octanol–water partition coefficient (Wildman–Crippen LogP) is 2.23. The van der Waals surface area contributed by atoms with Crippen molar-refractivity contribution >= 4 is 17.6 Å². The van der Waals surface area contributed by atoms with E-state index in [2.05, 4.69) is 0 Å². The lowest BCUT2D eigenvalue weighted by molar-refractivity contribution is -0.151. The Morgan fingerprint density at radius 1 is 1.33 bits per heavy atom. The van der Waals surface area contributed by atoms with Crippen molar-refractivity contribution < 1.29 is 19.1 Å². The number of esters is 1. The number of anilines is 1. The van der Waals surface area contributed by atoms with Crippen LogP contribution < -0.4 is 10.5 Å². The summed E-state index contributed by atoms with van der Waals surface area (Å²) in [5, 5.41) is 0. The predicted molar refractivity (Wildman–Crippen MR) is 91.5 cm³/mol. The number of hydrogen-bond acceptors (Lipinski definition) is 5. The second-order valence-electron chi connectivity index (χ2n) is 5.92. The van der Waals surface area contributed by atoms with E-state index in [1.165, 1.54) is 0 Å². The Morgan fingerprint density at radius 3 is 2.88 bits per heavy atom. The van der Waals surface area contributed by atoms with Crippen molar-refractivity contribution in [2.75, 3.05) is 32.0 Å². The molecule has 1 fully saturated rings. The third-order valence-corrected chi connectivity index (χ3v) is 4.11. The van der Waals surface area contributed by atoms with Gasteiger partial charge in [0.05, 0.1) is 24.8 Å². The number of piperidine rings is 1. The molecular formula is C18H26N2O4. The summed E-state index contributed by atoms with van der Waals surface area (Å²) in [6, 6.07) is 7.30. The van der Waals surface area contributed by atoms with E-state index in [0.717, 1.165) is 12.8 Å². The maximum absolute atomic E-state index is 12.3. The number of likely N-dealkylation sites (tertiary alicyclic amines) is 1. The van der Waals surface area contributed by atoms with E-state index in [0.29, 0.717) is 50.6 Å². The molecule has 6 nitrogen and oxygen atoms in total. The number of benzene rings is 1.